The number of carbonyl (C=O) groups is 2. The second kappa shape index (κ2) is 13.8. The number of nitrogens with one attached hydrogen (secondary N) is 2. The van der Waals surface area contributed by atoms with E-state index in [1.807, 2.05) is 13.8 Å². The molecule has 1 saturated heterocycles. The lowest BCUT2D eigenvalue weighted by atomic mass is 10.2. The molecule has 0 radical (unpaired) electrons. The summed E-state index contributed by atoms with van der Waals surface area (Å²) in [6.07, 6.45) is 5.04. The zero-order valence-corrected chi connectivity index (χ0v) is 28.2. The number of rotatable bonds is 11. The molecule has 5 heterocycles. The minimum Gasteiger partial charge on any atom is -0.493 e. The molecule has 2 unspecified atom stereocenters. The molecule has 0 spiro atoms. The molecule has 0 bridgehead atoms. The molecule has 0 aliphatic carbocycles. The first kappa shape index (κ1) is 33.8. The van der Waals surface area contributed by atoms with E-state index in [1.54, 1.807) is 46.5 Å². The van der Waals surface area contributed by atoms with E-state index in [-0.39, 0.29) is 24.3 Å². The van der Waals surface area contributed by atoms with Gasteiger partial charge in [0.05, 0.1) is 13.4 Å². The smallest absolute Gasteiger partial charge is 0.332 e. The maximum absolute atomic E-state index is 12.9. The van der Waals surface area contributed by atoms with Crippen LogP contribution in [0.5, 0.6) is 11.5 Å². The maximum Gasteiger partial charge on any atom is 0.332 e. The lowest BCUT2D eigenvalue weighted by Crippen LogP contribution is -2.38. The number of nitrogens with two attached hydrogens (primary N) is 1. The van der Waals surface area contributed by atoms with Gasteiger partial charge in [0.2, 0.25) is 11.9 Å². The van der Waals surface area contributed by atoms with Crippen molar-refractivity contribution in [2.75, 3.05) is 31.3 Å². The van der Waals surface area contributed by atoms with Crippen LogP contribution < -0.4 is 37.1 Å². The molecule has 2 atom stereocenters. The SMILES string of the molecule is CCNC(=O)C1CCC(n2cnc3c(N)nc(NC(=O)COc4ccc(/C=C/c5nc6c(c(=O)n(C)c(=O)n6CC)n5C)cc4OC)nc32)O1. The fraction of sp³-hybridized carbons (Fsp3) is 0.375. The number of nitrogen functional groups attached to an aromatic ring is 1. The highest BCUT2D eigenvalue weighted by Gasteiger charge is 2.32. The summed E-state index contributed by atoms with van der Waals surface area (Å²) in [6, 6.07) is 5.13. The molecule has 4 N–H and O–H groups in total. The van der Waals surface area contributed by atoms with Gasteiger partial charge in [-0.2, -0.15) is 9.97 Å². The predicted molar refractivity (Wildman–Crippen MR) is 183 cm³/mol. The molecule has 0 saturated carbocycles. The third-order valence-electron chi connectivity index (χ3n) is 8.33. The van der Waals surface area contributed by atoms with Gasteiger partial charge in [-0.1, -0.05) is 12.1 Å². The van der Waals surface area contributed by atoms with Crippen molar-refractivity contribution in [3.05, 3.63) is 56.8 Å². The first-order valence-electron chi connectivity index (χ1n) is 15.9. The fourth-order valence-electron chi connectivity index (χ4n) is 5.77. The fourth-order valence-corrected chi connectivity index (χ4v) is 5.77. The van der Waals surface area contributed by atoms with E-state index >= 15 is 0 Å². The first-order valence-corrected chi connectivity index (χ1v) is 15.9. The number of benzene rings is 1. The van der Waals surface area contributed by atoms with Crippen molar-refractivity contribution in [1.82, 2.24) is 43.5 Å². The van der Waals surface area contributed by atoms with E-state index in [0.29, 0.717) is 65.6 Å². The number of aromatic nitrogens is 8. The van der Waals surface area contributed by atoms with Gasteiger partial charge in [0.1, 0.15) is 23.7 Å². The van der Waals surface area contributed by atoms with Crippen LogP contribution in [-0.4, -0.2) is 76.4 Å². The summed E-state index contributed by atoms with van der Waals surface area (Å²) in [7, 11) is 4.63. The van der Waals surface area contributed by atoms with Crippen LogP contribution in [-0.2, 0) is 35.0 Å². The number of imidazole rings is 2. The molecule has 5 aromatic rings. The van der Waals surface area contributed by atoms with Gasteiger partial charge in [-0.05, 0) is 50.5 Å². The van der Waals surface area contributed by atoms with Crippen molar-refractivity contribution >= 4 is 58.1 Å². The molecule has 1 fully saturated rings. The van der Waals surface area contributed by atoms with Crippen molar-refractivity contribution in [2.45, 2.75) is 45.6 Å². The lowest BCUT2D eigenvalue weighted by Gasteiger charge is -2.15. The van der Waals surface area contributed by atoms with Crippen LogP contribution >= 0.6 is 0 Å². The largest absolute Gasteiger partial charge is 0.493 e. The van der Waals surface area contributed by atoms with Gasteiger partial charge in [-0.3, -0.25) is 33.4 Å². The van der Waals surface area contributed by atoms with Crippen molar-refractivity contribution in [3.63, 3.8) is 0 Å². The molecule has 4 aromatic heterocycles. The van der Waals surface area contributed by atoms with Gasteiger partial charge in [0.15, 0.2) is 40.7 Å². The standard InChI is InChI=1S/C32H37N11O7/c1-6-34-29(45)19-11-13-23(50-19)43-16-35-24-26(33)38-31(39-27(24)43)37-22(44)15-49-18-10-8-17(14-20(18)48-5)9-12-21-36-28-25(40(21)3)30(46)41(4)32(47)42(28)7-2/h8-10,12,14,16,19,23H,6-7,11,13,15H2,1-5H3,(H,34,45)(H3,33,37,38,39,44)/b12-9+. The quantitative estimate of drug-likeness (QED) is 0.178. The minimum absolute atomic E-state index is 0.0493. The normalized spacial score (nSPS) is 16.0. The van der Waals surface area contributed by atoms with Crippen molar-refractivity contribution in [1.29, 1.82) is 0 Å². The zero-order valence-electron chi connectivity index (χ0n) is 28.2. The Kier molecular flexibility index (Phi) is 9.36. The topological polar surface area (TPSA) is 217 Å². The van der Waals surface area contributed by atoms with Crippen LogP contribution in [0.1, 0.15) is 44.3 Å². The predicted octanol–water partition coefficient (Wildman–Crippen LogP) is 1.19. The second-order valence-electron chi connectivity index (χ2n) is 11.5. The number of fused-ring (bicyclic) bond motifs is 2. The molecule has 1 aliphatic rings. The van der Waals surface area contributed by atoms with Crippen LogP contribution in [0, 0.1) is 0 Å². The second-order valence-corrected chi connectivity index (χ2v) is 11.5. The van der Waals surface area contributed by atoms with Crippen LogP contribution in [0.25, 0.3) is 34.5 Å². The van der Waals surface area contributed by atoms with Gasteiger partial charge >= 0.3 is 5.69 Å². The van der Waals surface area contributed by atoms with Crippen LogP contribution in [0.3, 0.4) is 0 Å². The Bertz CT molecular complexity index is 2270. The molecule has 18 nitrogen and oxygen atoms in total. The number of likely N-dealkylation sites (N-methyl/N-ethyl adjacent to an activating group) is 1. The molecule has 1 aliphatic heterocycles. The highest BCUT2D eigenvalue weighted by molar-refractivity contribution is 5.92. The summed E-state index contributed by atoms with van der Waals surface area (Å²) in [5.41, 5.74) is 7.32. The summed E-state index contributed by atoms with van der Waals surface area (Å²) in [5.74, 6) is 0.444. The van der Waals surface area contributed by atoms with Gasteiger partial charge in [0.25, 0.3) is 11.5 Å². The third kappa shape index (κ3) is 6.27. The van der Waals surface area contributed by atoms with E-state index in [2.05, 4.69) is 30.6 Å². The van der Waals surface area contributed by atoms with Crippen molar-refractivity contribution < 1.29 is 23.8 Å². The van der Waals surface area contributed by atoms with E-state index in [1.165, 1.54) is 25.1 Å². The zero-order chi connectivity index (χ0) is 35.7. The summed E-state index contributed by atoms with van der Waals surface area (Å²) < 4.78 is 23.0. The Labute approximate surface area is 284 Å². The highest BCUT2D eigenvalue weighted by Crippen LogP contribution is 2.32. The number of ether oxygens (including phenoxy) is 3. The number of anilines is 2. The van der Waals surface area contributed by atoms with Crippen molar-refractivity contribution in [2.24, 2.45) is 14.1 Å². The summed E-state index contributed by atoms with van der Waals surface area (Å²) in [4.78, 5) is 67.9. The molecule has 2 amide bonds. The van der Waals surface area contributed by atoms with Crippen LogP contribution in [0.15, 0.2) is 34.1 Å². The first-order chi connectivity index (χ1) is 24.0. The molecule has 262 valence electrons. The number of nitrogens with zero attached hydrogens (tertiary/aromatic N) is 8. The summed E-state index contributed by atoms with van der Waals surface area (Å²) in [5, 5.41) is 5.36. The van der Waals surface area contributed by atoms with Crippen LogP contribution in [0.2, 0.25) is 0 Å². The molecular formula is C32H37N11O7. The van der Waals surface area contributed by atoms with E-state index in [0.717, 1.165) is 10.1 Å². The Balaban J connectivity index is 1.13. The van der Waals surface area contributed by atoms with Crippen LogP contribution in [0.4, 0.5) is 11.8 Å². The molecule has 1 aromatic carbocycles. The summed E-state index contributed by atoms with van der Waals surface area (Å²) in [6.45, 7) is 4.13. The minimum atomic E-state index is -0.587. The molecule has 6 rings (SSSR count). The van der Waals surface area contributed by atoms with Gasteiger partial charge in [-0.25, -0.2) is 14.8 Å². The lowest BCUT2D eigenvalue weighted by molar-refractivity contribution is -0.133. The molecular weight excluding hydrogens is 650 g/mol. The number of amides is 2. The number of hydrogen-bond donors (Lipinski definition) is 3. The van der Waals surface area contributed by atoms with Gasteiger partial charge in [-0.15, -0.1) is 0 Å². The molecule has 18 heteroatoms. The maximum atomic E-state index is 12.9. The third-order valence-corrected chi connectivity index (χ3v) is 8.33. The Hall–Kier alpha value is -6.04. The van der Waals surface area contributed by atoms with Crippen molar-refractivity contribution in [3.8, 4) is 11.5 Å². The Morgan fingerprint density at radius 3 is 2.60 bits per heavy atom. The number of hydrogen-bond acceptors (Lipinski definition) is 12. The Morgan fingerprint density at radius 2 is 1.86 bits per heavy atom. The number of methoxy groups -OCH3 is 1. The Morgan fingerprint density at radius 1 is 1.06 bits per heavy atom. The van der Waals surface area contributed by atoms with E-state index < -0.39 is 29.5 Å². The van der Waals surface area contributed by atoms with Gasteiger partial charge < -0.3 is 29.8 Å². The van der Waals surface area contributed by atoms with E-state index in [4.69, 9.17) is 19.9 Å². The number of aryl methyl sites for hydroxylation is 2. The van der Waals surface area contributed by atoms with Gasteiger partial charge in [0, 0.05) is 27.2 Å². The summed E-state index contributed by atoms with van der Waals surface area (Å²) >= 11 is 0. The monoisotopic (exact) mass is 687 g/mol. The average molecular weight is 688 g/mol. The average Bonchev–Trinajstić information content (AvgIpc) is 3.84. The molecule has 50 heavy (non-hydrogen) atoms. The highest BCUT2D eigenvalue weighted by atomic mass is 16.5. The number of carbonyl (C=O) groups excluding carboxylic acids is 2. The van der Waals surface area contributed by atoms with E-state index in [9.17, 15) is 19.2 Å².